The molecule has 2 N–H and O–H groups in total. The number of carbonyl (C=O) groups is 1. The van der Waals surface area contributed by atoms with Crippen LogP contribution in [-0.2, 0) is 0 Å². The fourth-order valence-electron chi connectivity index (χ4n) is 2.00. The molecule has 4 nitrogen and oxygen atoms in total. The molecule has 3 rings (SSSR count). The Bertz CT molecular complexity index is 862. The van der Waals surface area contributed by atoms with Crippen LogP contribution in [0, 0.1) is 11.6 Å². The summed E-state index contributed by atoms with van der Waals surface area (Å²) in [6.07, 6.45) is 1.94. The Morgan fingerprint density at radius 1 is 1.13 bits per heavy atom. The Morgan fingerprint density at radius 3 is 2.52 bits per heavy atom. The van der Waals surface area contributed by atoms with Crippen LogP contribution in [0.15, 0.2) is 41.3 Å². The van der Waals surface area contributed by atoms with Crippen molar-refractivity contribution >= 4 is 50.2 Å². The molecule has 0 atom stereocenters. The number of aromatic nitrogens is 1. The van der Waals surface area contributed by atoms with Crippen molar-refractivity contribution in [2.24, 2.45) is 0 Å². The molecule has 8 heteroatoms. The lowest BCUT2D eigenvalue weighted by Gasteiger charge is -2.07. The SMILES string of the molecule is CSc1cccc2sc(NC(=O)Nc3c(F)cccc3F)nc12. The molecule has 3 aromatic rings. The van der Waals surface area contributed by atoms with E-state index in [-0.39, 0.29) is 0 Å². The Balaban J connectivity index is 1.81. The molecule has 0 saturated heterocycles. The summed E-state index contributed by atoms with van der Waals surface area (Å²) >= 11 is 2.84. The lowest BCUT2D eigenvalue weighted by atomic mass is 10.3. The van der Waals surface area contributed by atoms with E-state index in [4.69, 9.17) is 0 Å². The van der Waals surface area contributed by atoms with E-state index < -0.39 is 23.4 Å². The van der Waals surface area contributed by atoms with E-state index in [1.807, 2.05) is 24.5 Å². The van der Waals surface area contributed by atoms with Gasteiger partial charge in [0.15, 0.2) is 5.13 Å². The number of rotatable bonds is 3. The monoisotopic (exact) mass is 351 g/mol. The van der Waals surface area contributed by atoms with E-state index in [1.54, 1.807) is 11.8 Å². The predicted molar refractivity (Wildman–Crippen MR) is 90.4 cm³/mol. The average Bonchev–Trinajstić information content (AvgIpc) is 2.93. The molecule has 0 unspecified atom stereocenters. The zero-order valence-electron chi connectivity index (χ0n) is 11.9. The van der Waals surface area contributed by atoms with Crippen LogP contribution in [0.25, 0.3) is 10.2 Å². The number of hydrogen-bond acceptors (Lipinski definition) is 4. The largest absolute Gasteiger partial charge is 0.325 e. The van der Waals surface area contributed by atoms with E-state index in [1.165, 1.54) is 17.4 Å². The van der Waals surface area contributed by atoms with Crippen molar-refractivity contribution in [3.63, 3.8) is 0 Å². The summed E-state index contributed by atoms with van der Waals surface area (Å²) in [5.74, 6) is -1.68. The number of halogens is 2. The van der Waals surface area contributed by atoms with Crippen LogP contribution in [0.2, 0.25) is 0 Å². The fourth-order valence-corrected chi connectivity index (χ4v) is 3.52. The van der Waals surface area contributed by atoms with Gasteiger partial charge in [0.05, 0.1) is 10.2 Å². The summed E-state index contributed by atoms with van der Waals surface area (Å²) in [5.41, 5.74) is 0.299. The number of urea groups is 1. The topological polar surface area (TPSA) is 54.0 Å². The van der Waals surface area contributed by atoms with Crippen molar-refractivity contribution in [1.82, 2.24) is 4.98 Å². The van der Waals surface area contributed by atoms with Gasteiger partial charge in [-0.3, -0.25) is 5.32 Å². The number of anilines is 2. The highest BCUT2D eigenvalue weighted by molar-refractivity contribution is 7.98. The Kier molecular flexibility index (Phi) is 4.44. The first-order valence-corrected chi connectivity index (χ1v) is 8.58. The molecule has 0 aliphatic rings. The maximum Gasteiger partial charge on any atom is 0.325 e. The summed E-state index contributed by atoms with van der Waals surface area (Å²) in [6, 6.07) is 8.36. The van der Waals surface area contributed by atoms with Crippen molar-refractivity contribution in [3.05, 3.63) is 48.0 Å². The van der Waals surface area contributed by atoms with Crippen molar-refractivity contribution in [1.29, 1.82) is 0 Å². The van der Waals surface area contributed by atoms with Crippen LogP contribution in [0.4, 0.5) is 24.4 Å². The van der Waals surface area contributed by atoms with Gasteiger partial charge in [-0.1, -0.05) is 23.5 Å². The normalized spacial score (nSPS) is 10.7. The molecular formula is C15H11F2N3OS2. The molecular weight excluding hydrogens is 340 g/mol. The third-order valence-corrected chi connectivity index (χ3v) is 4.73. The van der Waals surface area contributed by atoms with Crippen molar-refractivity contribution in [2.45, 2.75) is 4.90 Å². The van der Waals surface area contributed by atoms with Gasteiger partial charge in [0.25, 0.3) is 0 Å². The summed E-state index contributed by atoms with van der Waals surface area (Å²) in [6.45, 7) is 0. The fraction of sp³-hybridized carbons (Fsp3) is 0.0667. The zero-order chi connectivity index (χ0) is 16.4. The maximum atomic E-state index is 13.5. The number of nitrogens with zero attached hydrogens (tertiary/aromatic N) is 1. The molecule has 1 heterocycles. The Hall–Kier alpha value is -2.19. The minimum Gasteiger partial charge on any atom is -0.302 e. The van der Waals surface area contributed by atoms with Gasteiger partial charge in [0.1, 0.15) is 17.3 Å². The predicted octanol–water partition coefficient (Wildman–Crippen LogP) is 4.94. The molecule has 0 aliphatic carbocycles. The smallest absolute Gasteiger partial charge is 0.302 e. The first kappa shape index (κ1) is 15.7. The number of benzene rings is 2. The number of thioether (sulfide) groups is 1. The van der Waals surface area contributed by atoms with Crippen molar-refractivity contribution < 1.29 is 13.6 Å². The second kappa shape index (κ2) is 6.51. The third-order valence-electron chi connectivity index (χ3n) is 3.02. The molecule has 23 heavy (non-hydrogen) atoms. The summed E-state index contributed by atoms with van der Waals surface area (Å²) in [4.78, 5) is 17.3. The Labute approximate surface area is 138 Å². The number of fused-ring (bicyclic) bond motifs is 1. The quantitative estimate of drug-likeness (QED) is 0.657. The lowest BCUT2D eigenvalue weighted by Crippen LogP contribution is -2.20. The zero-order valence-corrected chi connectivity index (χ0v) is 13.5. The van der Waals surface area contributed by atoms with Crippen LogP contribution in [-0.4, -0.2) is 17.3 Å². The van der Waals surface area contributed by atoms with Gasteiger partial charge in [-0.15, -0.1) is 11.8 Å². The molecule has 0 bridgehead atoms. The van der Waals surface area contributed by atoms with Gasteiger partial charge in [-0.25, -0.2) is 18.6 Å². The number of thiazole rings is 1. The highest BCUT2D eigenvalue weighted by Gasteiger charge is 2.14. The van der Waals surface area contributed by atoms with Crippen LogP contribution in [0.1, 0.15) is 0 Å². The first-order chi connectivity index (χ1) is 11.1. The molecule has 2 amide bonds. The minimum atomic E-state index is -0.839. The molecule has 2 aromatic carbocycles. The van der Waals surface area contributed by atoms with Gasteiger partial charge in [0.2, 0.25) is 0 Å². The molecule has 0 saturated carbocycles. The number of nitrogens with one attached hydrogen (secondary N) is 2. The lowest BCUT2D eigenvalue weighted by molar-refractivity contribution is 0.262. The highest BCUT2D eigenvalue weighted by atomic mass is 32.2. The Morgan fingerprint density at radius 2 is 1.83 bits per heavy atom. The first-order valence-electron chi connectivity index (χ1n) is 6.54. The number of carbonyl (C=O) groups excluding carboxylic acids is 1. The van der Waals surface area contributed by atoms with Gasteiger partial charge < -0.3 is 5.32 Å². The molecule has 0 fully saturated rings. The summed E-state index contributed by atoms with van der Waals surface area (Å²) in [5, 5.41) is 5.02. The van der Waals surface area contributed by atoms with Crippen molar-refractivity contribution in [2.75, 3.05) is 16.9 Å². The second-order valence-electron chi connectivity index (χ2n) is 4.50. The van der Waals surface area contributed by atoms with Crippen LogP contribution in [0.5, 0.6) is 0 Å². The van der Waals surface area contributed by atoms with E-state index in [0.29, 0.717) is 5.13 Å². The second-order valence-corrected chi connectivity index (χ2v) is 6.38. The van der Waals surface area contributed by atoms with Crippen LogP contribution in [0.3, 0.4) is 0 Å². The van der Waals surface area contributed by atoms with Gasteiger partial charge in [0, 0.05) is 4.90 Å². The number of amides is 2. The van der Waals surface area contributed by atoms with Gasteiger partial charge in [-0.2, -0.15) is 0 Å². The van der Waals surface area contributed by atoms with Crippen LogP contribution >= 0.6 is 23.1 Å². The van der Waals surface area contributed by atoms with E-state index in [2.05, 4.69) is 15.6 Å². The van der Waals surface area contributed by atoms with E-state index in [9.17, 15) is 13.6 Å². The maximum absolute atomic E-state index is 13.5. The van der Waals surface area contributed by atoms with Gasteiger partial charge >= 0.3 is 6.03 Å². The summed E-state index contributed by atoms with van der Waals surface area (Å²) in [7, 11) is 0. The molecule has 0 radical (unpaired) electrons. The number of para-hydroxylation sites is 2. The standard InChI is InChI=1S/C15H11F2N3OS2/c1-22-10-6-3-7-11-13(10)19-15(23-11)20-14(21)18-12-8(16)4-2-5-9(12)17/h2-7H,1H3,(H2,18,19,20,21). The average molecular weight is 351 g/mol. The molecule has 118 valence electrons. The van der Waals surface area contributed by atoms with E-state index >= 15 is 0 Å². The van der Waals surface area contributed by atoms with Crippen LogP contribution < -0.4 is 10.6 Å². The molecule has 1 aromatic heterocycles. The number of hydrogen-bond donors (Lipinski definition) is 2. The van der Waals surface area contributed by atoms with Crippen molar-refractivity contribution in [3.8, 4) is 0 Å². The van der Waals surface area contributed by atoms with E-state index in [0.717, 1.165) is 27.2 Å². The molecule has 0 aliphatic heterocycles. The summed E-state index contributed by atoms with van der Waals surface area (Å²) < 4.78 is 28.0. The highest BCUT2D eigenvalue weighted by Crippen LogP contribution is 2.32. The molecule has 0 spiro atoms. The van der Waals surface area contributed by atoms with Gasteiger partial charge in [-0.05, 0) is 30.5 Å². The minimum absolute atomic E-state index is 0.357. The third kappa shape index (κ3) is 3.27.